The van der Waals surface area contributed by atoms with Crippen LogP contribution in [0.15, 0.2) is 66.7 Å². The monoisotopic (exact) mass is 405 g/mol. The minimum absolute atomic E-state index is 0.0468. The van der Waals surface area contributed by atoms with Crippen LogP contribution in [-0.4, -0.2) is 4.89 Å². The van der Waals surface area contributed by atoms with Crippen LogP contribution in [0.25, 0.3) is 22.3 Å². The molecule has 0 fully saturated rings. The second-order valence-corrected chi connectivity index (χ2v) is 10.6. The van der Waals surface area contributed by atoms with Gasteiger partial charge in [-0.15, -0.1) is 0 Å². The summed E-state index contributed by atoms with van der Waals surface area (Å²) >= 11 is 0. The van der Waals surface area contributed by atoms with Crippen LogP contribution in [-0.2, 0) is 15.4 Å². The predicted octanol–water partition coefficient (Wildman–Crippen LogP) is 6.98. The fourth-order valence-electron chi connectivity index (χ4n) is 3.93. The van der Waals surface area contributed by atoms with E-state index < -0.39 is 8.03 Å². The molecule has 0 aliphatic heterocycles. The maximum absolute atomic E-state index is 12.4. The van der Waals surface area contributed by atoms with Crippen molar-refractivity contribution in [3.8, 4) is 22.3 Å². The maximum atomic E-state index is 12.4. The highest BCUT2D eigenvalue weighted by atomic mass is 31.1. The van der Waals surface area contributed by atoms with Gasteiger partial charge in [0, 0.05) is 5.56 Å². The average molecular weight is 405 g/mol. The van der Waals surface area contributed by atoms with Gasteiger partial charge in [-0.25, -0.2) is 0 Å². The molecule has 3 aromatic carbocycles. The summed E-state index contributed by atoms with van der Waals surface area (Å²) in [4.78, 5) is 10.2. The summed E-state index contributed by atoms with van der Waals surface area (Å²) in [5.41, 5.74) is 6.24. The quantitative estimate of drug-likeness (QED) is 0.478. The van der Waals surface area contributed by atoms with Gasteiger partial charge >= 0.3 is 8.03 Å². The Morgan fingerprint density at radius 3 is 1.59 bits per heavy atom. The van der Waals surface area contributed by atoms with Crippen LogP contribution in [0.4, 0.5) is 0 Å². The fourth-order valence-corrected chi connectivity index (χ4v) is 4.58. The lowest BCUT2D eigenvalue weighted by Crippen LogP contribution is -2.16. The third-order valence-corrected chi connectivity index (χ3v) is 6.06. The van der Waals surface area contributed by atoms with Crippen molar-refractivity contribution in [3.05, 3.63) is 77.9 Å². The van der Waals surface area contributed by atoms with Crippen LogP contribution in [0.2, 0.25) is 0 Å². The lowest BCUT2D eigenvalue weighted by atomic mass is 9.78. The first kappa shape index (κ1) is 21.4. The van der Waals surface area contributed by atoms with E-state index in [0.717, 1.165) is 22.3 Å². The minimum Gasteiger partial charge on any atom is -0.156 e. The van der Waals surface area contributed by atoms with Gasteiger partial charge in [0.25, 0.3) is 0 Å². The Kier molecular flexibility index (Phi) is 5.81. The Morgan fingerprint density at radius 2 is 1.07 bits per heavy atom. The molecule has 0 aliphatic rings. The molecule has 3 aromatic rings. The van der Waals surface area contributed by atoms with Gasteiger partial charge in [0.05, 0.1) is 0 Å². The summed E-state index contributed by atoms with van der Waals surface area (Å²) in [7, 11) is -2.48. The van der Waals surface area contributed by atoms with Crippen molar-refractivity contribution in [2.75, 3.05) is 0 Å². The molecule has 0 heterocycles. The van der Waals surface area contributed by atoms with Crippen molar-refractivity contribution < 1.29 is 9.46 Å². The summed E-state index contributed by atoms with van der Waals surface area (Å²) in [6.45, 7) is 13.1. The van der Waals surface area contributed by atoms with Gasteiger partial charge in [-0.1, -0.05) is 102 Å². The molecular formula is C26H30O2P+. The van der Waals surface area contributed by atoms with E-state index in [1.807, 2.05) is 24.3 Å². The molecule has 0 saturated carbocycles. The predicted molar refractivity (Wildman–Crippen MR) is 124 cm³/mol. The van der Waals surface area contributed by atoms with E-state index in [2.05, 4.69) is 77.9 Å². The van der Waals surface area contributed by atoms with Crippen molar-refractivity contribution in [2.45, 2.75) is 52.4 Å². The zero-order valence-corrected chi connectivity index (χ0v) is 19.0. The molecule has 0 amide bonds. The van der Waals surface area contributed by atoms with Crippen molar-refractivity contribution in [1.82, 2.24) is 0 Å². The van der Waals surface area contributed by atoms with E-state index in [4.69, 9.17) is 0 Å². The smallest absolute Gasteiger partial charge is 0.156 e. The molecule has 0 spiro atoms. The summed E-state index contributed by atoms with van der Waals surface area (Å²) < 4.78 is 12.4. The maximum Gasteiger partial charge on any atom is 0.546 e. The molecule has 29 heavy (non-hydrogen) atoms. The van der Waals surface area contributed by atoms with Gasteiger partial charge in [-0.05, 0) is 49.3 Å². The number of hydrogen-bond donors (Lipinski definition) is 1. The highest BCUT2D eigenvalue weighted by molar-refractivity contribution is 7.47. The average Bonchev–Trinajstić information content (AvgIpc) is 2.66. The molecular weight excluding hydrogens is 375 g/mol. The third-order valence-electron chi connectivity index (χ3n) is 5.28. The lowest BCUT2D eigenvalue weighted by Gasteiger charge is -2.26. The molecule has 1 unspecified atom stereocenters. The van der Waals surface area contributed by atoms with Crippen molar-refractivity contribution >= 4 is 13.3 Å². The Balaban J connectivity index is 2.45. The number of hydrogen-bond acceptors (Lipinski definition) is 1. The van der Waals surface area contributed by atoms with Gasteiger partial charge in [0.1, 0.15) is 0 Å². The fraction of sp³-hybridized carbons (Fsp3) is 0.308. The Bertz CT molecular complexity index is 1050. The molecule has 3 rings (SSSR count). The first-order chi connectivity index (χ1) is 13.5. The minimum atomic E-state index is -2.48. The van der Waals surface area contributed by atoms with Crippen LogP contribution in [0, 0.1) is 0 Å². The Morgan fingerprint density at radius 1 is 0.621 bits per heavy atom. The van der Waals surface area contributed by atoms with Gasteiger partial charge in [-0.2, -0.15) is 4.89 Å². The van der Waals surface area contributed by atoms with E-state index in [1.54, 1.807) is 6.07 Å². The van der Waals surface area contributed by atoms with E-state index in [-0.39, 0.29) is 10.8 Å². The third kappa shape index (κ3) is 4.34. The van der Waals surface area contributed by atoms with Gasteiger partial charge < -0.3 is 0 Å². The van der Waals surface area contributed by atoms with Crippen molar-refractivity contribution in [1.29, 1.82) is 0 Å². The molecule has 1 atom stereocenters. The summed E-state index contributed by atoms with van der Waals surface area (Å²) in [5, 5.41) is 0.484. The summed E-state index contributed by atoms with van der Waals surface area (Å²) in [6, 6.07) is 22.3. The molecule has 0 saturated heterocycles. The molecule has 1 N–H and O–H groups in total. The summed E-state index contributed by atoms with van der Waals surface area (Å²) in [6.07, 6.45) is 0. The van der Waals surface area contributed by atoms with E-state index >= 15 is 0 Å². The van der Waals surface area contributed by atoms with Gasteiger partial charge in [0.15, 0.2) is 0 Å². The first-order valence-electron chi connectivity index (χ1n) is 10.0. The highest BCUT2D eigenvalue weighted by Gasteiger charge is 2.30. The second kappa shape index (κ2) is 7.86. The zero-order valence-electron chi connectivity index (χ0n) is 18.2. The Labute approximate surface area is 175 Å². The highest BCUT2D eigenvalue weighted by Crippen LogP contribution is 2.42. The molecule has 0 radical (unpaired) electrons. The molecule has 2 nitrogen and oxygen atoms in total. The van der Waals surface area contributed by atoms with Crippen LogP contribution in [0.3, 0.4) is 0 Å². The van der Waals surface area contributed by atoms with E-state index in [9.17, 15) is 9.46 Å². The van der Waals surface area contributed by atoms with Gasteiger partial charge in [0.2, 0.25) is 5.30 Å². The molecule has 0 aromatic heterocycles. The Hall–Kier alpha value is -2.28. The van der Waals surface area contributed by atoms with Crippen LogP contribution < -0.4 is 5.30 Å². The normalized spacial score (nSPS) is 12.7. The topological polar surface area (TPSA) is 37.3 Å². The van der Waals surface area contributed by atoms with Crippen LogP contribution in [0.5, 0.6) is 0 Å². The standard InChI is InChI=1S/C26H29O2P/c1-25(2,3)21-15-9-7-12-18(21)19-14-11-17-23(29(27)28)24(19)20-13-8-10-16-22(20)26(4,5)6/h7-17H,1-6H3/p+1. The van der Waals surface area contributed by atoms with E-state index in [1.165, 1.54) is 11.1 Å². The molecule has 0 aliphatic carbocycles. The number of benzene rings is 3. The van der Waals surface area contributed by atoms with Crippen LogP contribution >= 0.6 is 8.03 Å². The van der Waals surface area contributed by atoms with Crippen molar-refractivity contribution in [2.24, 2.45) is 0 Å². The first-order valence-corrected chi connectivity index (χ1v) is 11.2. The van der Waals surface area contributed by atoms with Crippen LogP contribution in [0.1, 0.15) is 52.7 Å². The molecule has 150 valence electrons. The molecule has 3 heteroatoms. The lowest BCUT2D eigenvalue weighted by molar-refractivity contribution is 0.513. The van der Waals surface area contributed by atoms with E-state index in [0.29, 0.717) is 5.30 Å². The number of rotatable bonds is 3. The molecule has 0 bridgehead atoms. The SMILES string of the molecule is CC(C)(C)c1ccccc1-c1cccc([P+](=O)O)c1-c1ccccc1C(C)(C)C. The largest absolute Gasteiger partial charge is 0.546 e. The van der Waals surface area contributed by atoms with Gasteiger partial charge in [-0.3, -0.25) is 0 Å². The summed E-state index contributed by atoms with van der Waals surface area (Å²) in [5.74, 6) is 0. The zero-order chi connectivity index (χ0) is 21.4. The second-order valence-electron chi connectivity index (χ2n) is 9.56. The van der Waals surface area contributed by atoms with Crippen molar-refractivity contribution in [3.63, 3.8) is 0 Å².